The number of hydrogen-bond acceptors (Lipinski definition) is 7. The smallest absolute Gasteiger partial charge is 0.355 e. The number of halogens is 4. The van der Waals surface area contributed by atoms with Gasteiger partial charge in [0.2, 0.25) is 0 Å². The molecule has 5 rings (SSSR count). The van der Waals surface area contributed by atoms with Crippen LogP contribution in [0.4, 0.5) is 18.9 Å². The number of nitrogens with one attached hydrogen (secondary N) is 2. The van der Waals surface area contributed by atoms with Gasteiger partial charge in [-0.05, 0) is 61.0 Å². The molecule has 0 saturated heterocycles. The van der Waals surface area contributed by atoms with E-state index in [-0.39, 0.29) is 56.6 Å². The fraction of sp³-hybridized carbons (Fsp3) is 0.148. The van der Waals surface area contributed by atoms with Crippen molar-refractivity contribution in [2.75, 3.05) is 12.4 Å². The van der Waals surface area contributed by atoms with Gasteiger partial charge in [0.1, 0.15) is 23.3 Å². The number of aromatic nitrogens is 6. The third-order valence-corrected chi connectivity index (χ3v) is 6.45. The van der Waals surface area contributed by atoms with Gasteiger partial charge >= 0.3 is 6.18 Å². The van der Waals surface area contributed by atoms with E-state index in [2.05, 4.69) is 30.9 Å². The van der Waals surface area contributed by atoms with E-state index < -0.39 is 23.6 Å². The van der Waals surface area contributed by atoms with E-state index in [9.17, 15) is 28.0 Å². The van der Waals surface area contributed by atoms with Crippen molar-refractivity contribution in [1.82, 2.24) is 35.1 Å². The second kappa shape index (κ2) is 10.9. The van der Waals surface area contributed by atoms with E-state index in [0.29, 0.717) is 5.56 Å². The Morgan fingerprint density at radius 1 is 1.05 bits per heavy atom. The number of carbonyl (C=O) groups is 2. The van der Waals surface area contributed by atoms with Crippen molar-refractivity contribution in [1.29, 1.82) is 5.26 Å². The van der Waals surface area contributed by atoms with Crippen LogP contribution in [0.5, 0.6) is 0 Å². The molecule has 42 heavy (non-hydrogen) atoms. The van der Waals surface area contributed by atoms with E-state index >= 15 is 0 Å². The molecule has 0 spiro atoms. The first-order valence-corrected chi connectivity index (χ1v) is 12.6. The van der Waals surface area contributed by atoms with Crippen molar-refractivity contribution < 1.29 is 22.8 Å². The van der Waals surface area contributed by atoms with Gasteiger partial charge in [-0.2, -0.15) is 38.5 Å². The van der Waals surface area contributed by atoms with Crippen LogP contribution in [0.3, 0.4) is 0 Å². The summed E-state index contributed by atoms with van der Waals surface area (Å²) in [5.74, 6) is -1.06. The van der Waals surface area contributed by atoms with Crippen LogP contribution in [-0.4, -0.2) is 48.6 Å². The molecule has 0 aliphatic carbocycles. The van der Waals surface area contributed by atoms with Gasteiger partial charge in [0.25, 0.3) is 11.8 Å². The number of carbonyl (C=O) groups excluding carboxylic acids is 2. The summed E-state index contributed by atoms with van der Waals surface area (Å²) in [6, 6.07) is 12.5. The molecule has 2 N–H and O–H groups in total. The van der Waals surface area contributed by atoms with Crippen molar-refractivity contribution in [3.05, 3.63) is 93.4 Å². The zero-order valence-corrected chi connectivity index (χ0v) is 22.6. The molecule has 3 heterocycles. The van der Waals surface area contributed by atoms with E-state index in [1.54, 1.807) is 19.1 Å². The average Bonchev–Trinajstić information content (AvgIpc) is 3.56. The Balaban J connectivity index is 1.54. The van der Waals surface area contributed by atoms with Gasteiger partial charge in [0, 0.05) is 13.2 Å². The molecular weight excluding hydrogens is 575 g/mol. The number of hydrogen-bond donors (Lipinski definition) is 2. The quantitative estimate of drug-likeness (QED) is 0.294. The first kappa shape index (κ1) is 28.2. The van der Waals surface area contributed by atoms with E-state index in [4.69, 9.17) is 11.6 Å². The Kier molecular flexibility index (Phi) is 7.36. The molecule has 2 amide bonds. The fourth-order valence-corrected chi connectivity index (χ4v) is 4.43. The van der Waals surface area contributed by atoms with Gasteiger partial charge in [-0.1, -0.05) is 11.6 Å². The SMILES string of the molecule is CNC(=O)c1cc(C#N)cc(C)c1NC(=O)c1cc(Cn2nc3ccc(C(F)(F)F)cc3n2)nn1-c1ncccc1Cl. The molecular formula is C27H19ClF3N9O2. The summed E-state index contributed by atoms with van der Waals surface area (Å²) in [5, 5.41) is 27.5. The van der Waals surface area contributed by atoms with E-state index in [1.165, 1.54) is 42.2 Å². The molecule has 11 nitrogen and oxygen atoms in total. The predicted molar refractivity (Wildman–Crippen MR) is 145 cm³/mol. The lowest BCUT2D eigenvalue weighted by Crippen LogP contribution is -2.24. The highest BCUT2D eigenvalue weighted by atomic mass is 35.5. The first-order valence-electron chi connectivity index (χ1n) is 12.2. The molecule has 0 fully saturated rings. The normalized spacial score (nSPS) is 11.4. The molecule has 0 unspecified atom stereocenters. The summed E-state index contributed by atoms with van der Waals surface area (Å²) >= 11 is 6.35. The Hall–Kier alpha value is -5.29. The number of pyridine rings is 1. The topological polar surface area (TPSA) is 143 Å². The third kappa shape index (κ3) is 5.50. The molecule has 0 saturated carbocycles. The maximum absolute atomic E-state index is 13.6. The summed E-state index contributed by atoms with van der Waals surface area (Å²) in [6.45, 7) is 1.53. The third-order valence-electron chi connectivity index (χ3n) is 6.16. The highest BCUT2D eigenvalue weighted by molar-refractivity contribution is 6.32. The standard InChI is InChI=1S/C27H19ClF3N9O2/c1-14-8-15(12-32)9-18(25(41)33-2)23(14)35-26(42)22-11-17(36-40(22)24-19(28)4-3-7-34-24)13-39-37-20-6-5-16(27(29,30)31)10-21(20)38-39/h3-11H,13H2,1-2H3,(H,33,41)(H,35,42). The number of aryl methyl sites for hydroxylation is 1. The highest BCUT2D eigenvalue weighted by Gasteiger charge is 2.31. The monoisotopic (exact) mass is 593 g/mol. The van der Waals surface area contributed by atoms with Crippen LogP contribution in [0.25, 0.3) is 16.9 Å². The maximum Gasteiger partial charge on any atom is 0.416 e. The second-order valence-electron chi connectivity index (χ2n) is 9.03. The largest absolute Gasteiger partial charge is 0.416 e. The van der Waals surface area contributed by atoms with Gasteiger partial charge in [-0.25, -0.2) is 9.67 Å². The van der Waals surface area contributed by atoms with Crippen LogP contribution < -0.4 is 10.6 Å². The van der Waals surface area contributed by atoms with Gasteiger partial charge < -0.3 is 10.6 Å². The van der Waals surface area contributed by atoms with Crippen LogP contribution in [0.15, 0.2) is 54.7 Å². The van der Waals surface area contributed by atoms with Gasteiger partial charge in [0.15, 0.2) is 5.82 Å². The number of fused-ring (bicyclic) bond motifs is 1. The number of anilines is 1. The molecule has 0 bridgehead atoms. The van der Waals surface area contributed by atoms with Crippen LogP contribution in [-0.2, 0) is 12.7 Å². The van der Waals surface area contributed by atoms with Crippen molar-refractivity contribution in [3.63, 3.8) is 0 Å². The Labute approximate surface area is 240 Å². The first-order chi connectivity index (χ1) is 20.0. The number of rotatable bonds is 6. The Morgan fingerprint density at radius 2 is 1.81 bits per heavy atom. The van der Waals surface area contributed by atoms with E-state index in [0.717, 1.165) is 16.9 Å². The van der Waals surface area contributed by atoms with Crippen LogP contribution in [0.1, 0.15) is 43.2 Å². The lowest BCUT2D eigenvalue weighted by atomic mass is 10.0. The summed E-state index contributed by atoms with van der Waals surface area (Å²) in [7, 11) is 1.42. The summed E-state index contributed by atoms with van der Waals surface area (Å²) in [5.41, 5.74) is 0.625. The molecule has 0 atom stereocenters. The van der Waals surface area contributed by atoms with Crippen molar-refractivity contribution >= 4 is 40.1 Å². The zero-order chi connectivity index (χ0) is 30.2. The molecule has 5 aromatic rings. The van der Waals surface area contributed by atoms with E-state index in [1.807, 2.05) is 6.07 Å². The average molecular weight is 594 g/mol. The van der Waals surface area contributed by atoms with Crippen molar-refractivity contribution in [2.24, 2.45) is 0 Å². The minimum absolute atomic E-state index is 0.0201. The summed E-state index contributed by atoms with van der Waals surface area (Å²) in [4.78, 5) is 31.6. The van der Waals surface area contributed by atoms with Crippen LogP contribution in [0, 0.1) is 18.3 Å². The number of alkyl halides is 3. The molecule has 15 heteroatoms. The van der Waals surface area contributed by atoms with Crippen LogP contribution >= 0.6 is 11.6 Å². The van der Waals surface area contributed by atoms with Crippen LogP contribution in [0.2, 0.25) is 5.02 Å². The van der Waals surface area contributed by atoms with Gasteiger partial charge in [-0.3, -0.25) is 9.59 Å². The van der Waals surface area contributed by atoms with Crippen molar-refractivity contribution in [2.45, 2.75) is 19.6 Å². The minimum Gasteiger partial charge on any atom is -0.355 e. The molecule has 0 aliphatic rings. The summed E-state index contributed by atoms with van der Waals surface area (Å²) < 4.78 is 40.6. The van der Waals surface area contributed by atoms with Crippen molar-refractivity contribution in [3.8, 4) is 11.9 Å². The predicted octanol–water partition coefficient (Wildman–Crippen LogP) is 4.52. The lowest BCUT2D eigenvalue weighted by molar-refractivity contribution is -0.137. The van der Waals surface area contributed by atoms with Gasteiger partial charge in [-0.15, -0.1) is 0 Å². The molecule has 212 valence electrons. The molecule has 0 aliphatic heterocycles. The minimum atomic E-state index is -4.54. The zero-order valence-electron chi connectivity index (χ0n) is 21.9. The number of nitriles is 1. The second-order valence-corrected chi connectivity index (χ2v) is 9.44. The molecule has 0 radical (unpaired) electrons. The lowest BCUT2D eigenvalue weighted by Gasteiger charge is -2.14. The number of benzene rings is 2. The number of nitrogens with zero attached hydrogens (tertiary/aromatic N) is 7. The number of amides is 2. The highest BCUT2D eigenvalue weighted by Crippen LogP contribution is 2.31. The Morgan fingerprint density at radius 3 is 2.50 bits per heavy atom. The fourth-order valence-electron chi connectivity index (χ4n) is 4.22. The summed E-state index contributed by atoms with van der Waals surface area (Å²) in [6.07, 6.45) is -3.08. The Bertz CT molecular complexity index is 1910. The van der Waals surface area contributed by atoms with Gasteiger partial charge in [0.05, 0.1) is 39.2 Å². The maximum atomic E-state index is 13.6. The molecule has 3 aromatic heterocycles. The molecule has 2 aromatic carbocycles.